The summed E-state index contributed by atoms with van der Waals surface area (Å²) < 4.78 is 29.2. The molecule has 1 unspecified atom stereocenters. The number of hydrogen-bond donors (Lipinski definition) is 1. The van der Waals surface area contributed by atoms with Crippen molar-refractivity contribution in [3.8, 4) is 0 Å². The van der Waals surface area contributed by atoms with Crippen molar-refractivity contribution in [1.29, 1.82) is 0 Å². The summed E-state index contributed by atoms with van der Waals surface area (Å²) in [6.07, 6.45) is 4.42. The zero-order valence-corrected chi connectivity index (χ0v) is 11.4. The Morgan fingerprint density at radius 2 is 2.22 bits per heavy atom. The van der Waals surface area contributed by atoms with Gasteiger partial charge in [0.2, 0.25) is 21.8 Å². The molecule has 8 heteroatoms. The van der Waals surface area contributed by atoms with E-state index in [-0.39, 0.29) is 12.6 Å². The maximum Gasteiger partial charge on any atom is 0.233 e. The van der Waals surface area contributed by atoms with Crippen LogP contribution in [0.4, 0.5) is 0 Å². The van der Waals surface area contributed by atoms with Gasteiger partial charge in [-0.25, -0.2) is 8.42 Å². The van der Waals surface area contributed by atoms with Crippen LogP contribution in [0.25, 0.3) is 0 Å². The van der Waals surface area contributed by atoms with Crippen LogP contribution in [0.5, 0.6) is 0 Å². The summed E-state index contributed by atoms with van der Waals surface area (Å²) in [6.45, 7) is 1.06. The van der Waals surface area contributed by atoms with Gasteiger partial charge >= 0.3 is 0 Å². The molecule has 7 nitrogen and oxygen atoms in total. The van der Waals surface area contributed by atoms with E-state index in [2.05, 4.69) is 15.5 Å². The number of aromatic nitrogens is 2. The average molecular weight is 274 g/mol. The fourth-order valence-corrected chi connectivity index (χ4v) is 2.19. The maximum atomic E-state index is 11.3. The van der Waals surface area contributed by atoms with Crippen molar-refractivity contribution in [3.63, 3.8) is 0 Å². The number of nitrogens with zero attached hydrogens (tertiary/aromatic N) is 3. The monoisotopic (exact) mass is 274 g/mol. The van der Waals surface area contributed by atoms with Crippen molar-refractivity contribution in [2.45, 2.75) is 31.8 Å². The van der Waals surface area contributed by atoms with Gasteiger partial charge in [0.05, 0.1) is 18.8 Å². The van der Waals surface area contributed by atoms with Gasteiger partial charge in [-0.15, -0.1) is 10.2 Å². The number of nitrogens with one attached hydrogen (secondary N) is 1. The number of piperidine rings is 1. The summed E-state index contributed by atoms with van der Waals surface area (Å²) >= 11 is 0. The SMILES string of the molecule is CN(Cc1nnc(C2CCCCN2)o1)S(C)(=O)=O. The third-order valence-corrected chi connectivity index (χ3v) is 4.28. The molecule has 0 saturated carbocycles. The van der Waals surface area contributed by atoms with E-state index in [1.807, 2.05) is 0 Å². The molecule has 0 bridgehead atoms. The lowest BCUT2D eigenvalue weighted by Gasteiger charge is -2.19. The summed E-state index contributed by atoms with van der Waals surface area (Å²) in [6, 6.07) is 0.100. The van der Waals surface area contributed by atoms with Crippen molar-refractivity contribution in [3.05, 3.63) is 11.8 Å². The molecule has 1 N–H and O–H groups in total. The second kappa shape index (κ2) is 5.33. The largest absolute Gasteiger partial charge is 0.422 e. The van der Waals surface area contributed by atoms with Crippen molar-refractivity contribution in [2.24, 2.45) is 0 Å². The normalized spacial score (nSPS) is 21.4. The van der Waals surface area contributed by atoms with E-state index in [0.29, 0.717) is 11.8 Å². The van der Waals surface area contributed by atoms with E-state index in [1.165, 1.54) is 11.4 Å². The molecular weight excluding hydrogens is 256 g/mol. The first kappa shape index (κ1) is 13.4. The molecule has 0 aliphatic carbocycles. The first-order valence-corrected chi connectivity index (χ1v) is 7.78. The van der Waals surface area contributed by atoms with Crippen LogP contribution in [0.2, 0.25) is 0 Å². The highest BCUT2D eigenvalue weighted by atomic mass is 32.2. The molecule has 0 radical (unpaired) electrons. The Morgan fingerprint density at radius 1 is 1.44 bits per heavy atom. The van der Waals surface area contributed by atoms with Gasteiger partial charge in [0, 0.05) is 7.05 Å². The highest BCUT2D eigenvalue weighted by molar-refractivity contribution is 7.88. The van der Waals surface area contributed by atoms with Gasteiger partial charge in [0.25, 0.3) is 0 Å². The number of rotatable bonds is 4. The van der Waals surface area contributed by atoms with E-state index in [1.54, 1.807) is 0 Å². The summed E-state index contributed by atoms with van der Waals surface area (Å²) in [4.78, 5) is 0. The lowest BCUT2D eigenvalue weighted by Crippen LogP contribution is -2.27. The summed E-state index contributed by atoms with van der Waals surface area (Å²) in [5.41, 5.74) is 0. The Labute approximate surface area is 107 Å². The van der Waals surface area contributed by atoms with Crippen LogP contribution in [-0.2, 0) is 16.6 Å². The standard InChI is InChI=1S/C10H18N4O3S/c1-14(18(2,15)16)7-9-12-13-10(17-9)8-5-3-4-6-11-8/h8,11H,3-7H2,1-2H3. The quantitative estimate of drug-likeness (QED) is 0.848. The Bertz CT molecular complexity index is 493. The molecule has 1 aliphatic rings. The van der Waals surface area contributed by atoms with Gasteiger partial charge in [-0.1, -0.05) is 6.42 Å². The van der Waals surface area contributed by atoms with Gasteiger partial charge in [-0.2, -0.15) is 4.31 Å². The zero-order chi connectivity index (χ0) is 13.2. The van der Waals surface area contributed by atoms with Crippen molar-refractivity contribution in [2.75, 3.05) is 19.8 Å². The van der Waals surface area contributed by atoms with Crippen LogP contribution >= 0.6 is 0 Å². The van der Waals surface area contributed by atoms with Crippen LogP contribution in [0.3, 0.4) is 0 Å². The van der Waals surface area contributed by atoms with Crippen LogP contribution in [0.1, 0.15) is 37.1 Å². The number of sulfonamides is 1. The van der Waals surface area contributed by atoms with Gasteiger partial charge in [0.15, 0.2) is 0 Å². The highest BCUT2D eigenvalue weighted by Crippen LogP contribution is 2.21. The molecular formula is C10H18N4O3S. The third-order valence-electron chi connectivity index (χ3n) is 3.01. The minimum absolute atomic E-state index is 0.100. The topological polar surface area (TPSA) is 88.3 Å². The van der Waals surface area contributed by atoms with Crippen LogP contribution in [0, 0.1) is 0 Å². The highest BCUT2D eigenvalue weighted by Gasteiger charge is 2.22. The maximum absolute atomic E-state index is 11.3. The van der Waals surface area contributed by atoms with Crippen LogP contribution < -0.4 is 5.32 Å². The first-order valence-electron chi connectivity index (χ1n) is 5.94. The predicted octanol–water partition coefficient (Wildman–Crippen LogP) is 0.276. The molecule has 18 heavy (non-hydrogen) atoms. The molecule has 102 valence electrons. The third kappa shape index (κ3) is 3.27. The van der Waals surface area contributed by atoms with Crippen molar-refractivity contribution in [1.82, 2.24) is 19.8 Å². The minimum atomic E-state index is -3.23. The van der Waals surface area contributed by atoms with E-state index >= 15 is 0 Å². The van der Waals surface area contributed by atoms with Crippen LogP contribution in [0.15, 0.2) is 4.42 Å². The van der Waals surface area contributed by atoms with Gasteiger partial charge < -0.3 is 9.73 Å². The van der Waals surface area contributed by atoms with Crippen molar-refractivity contribution < 1.29 is 12.8 Å². The molecule has 0 spiro atoms. The number of hydrogen-bond acceptors (Lipinski definition) is 6. The smallest absolute Gasteiger partial charge is 0.233 e. The van der Waals surface area contributed by atoms with E-state index in [4.69, 9.17) is 4.42 Å². The minimum Gasteiger partial charge on any atom is -0.422 e. The molecule has 1 atom stereocenters. The molecule has 2 heterocycles. The first-order chi connectivity index (χ1) is 8.47. The van der Waals surface area contributed by atoms with Gasteiger partial charge in [-0.05, 0) is 19.4 Å². The van der Waals surface area contributed by atoms with Crippen LogP contribution in [-0.4, -0.2) is 42.8 Å². The lowest BCUT2D eigenvalue weighted by molar-refractivity contribution is 0.316. The summed E-state index contributed by atoms with van der Waals surface area (Å²) in [5.74, 6) is 0.872. The second-order valence-electron chi connectivity index (χ2n) is 4.56. The Kier molecular flexibility index (Phi) is 3.98. The summed E-state index contributed by atoms with van der Waals surface area (Å²) in [7, 11) is -1.74. The van der Waals surface area contributed by atoms with E-state index in [9.17, 15) is 8.42 Å². The molecule has 1 aliphatic heterocycles. The average Bonchev–Trinajstić information content (AvgIpc) is 2.77. The second-order valence-corrected chi connectivity index (χ2v) is 6.64. The van der Waals surface area contributed by atoms with E-state index < -0.39 is 10.0 Å². The molecule has 1 aromatic rings. The Hall–Kier alpha value is -0.990. The molecule has 1 saturated heterocycles. The molecule has 1 fully saturated rings. The molecule has 2 rings (SSSR count). The lowest BCUT2D eigenvalue weighted by atomic mass is 10.1. The van der Waals surface area contributed by atoms with E-state index in [0.717, 1.165) is 32.1 Å². The Morgan fingerprint density at radius 3 is 2.83 bits per heavy atom. The Balaban J connectivity index is 2.01. The molecule has 1 aromatic heterocycles. The predicted molar refractivity (Wildman–Crippen MR) is 65.2 cm³/mol. The summed E-state index contributed by atoms with van der Waals surface area (Å²) in [5, 5.41) is 11.2. The van der Waals surface area contributed by atoms with Gasteiger partial charge in [0.1, 0.15) is 0 Å². The fourth-order valence-electron chi connectivity index (χ4n) is 1.84. The van der Waals surface area contributed by atoms with Crippen molar-refractivity contribution >= 4 is 10.0 Å². The molecule has 0 amide bonds. The zero-order valence-electron chi connectivity index (χ0n) is 10.6. The fraction of sp³-hybridized carbons (Fsp3) is 0.800. The molecule has 0 aromatic carbocycles. The van der Waals surface area contributed by atoms with Gasteiger partial charge in [-0.3, -0.25) is 0 Å².